The number of carbonyl (C=O) groups excluding carboxylic acids is 2. The normalized spacial score (nSPS) is 11.6. The zero-order chi connectivity index (χ0) is 20.5. The standard InChI is InChI=1S/C22H25N5O2/c1-2-18(19-11-7-4-8-12-19)13-20(28)25-22-24-16-27(26-22)15-21(29)23-14-17-9-5-3-6-10-17/h3-12,16,18H,2,13-15H2,1H3,(H,23,29)(H,25,26,28). The van der Waals surface area contributed by atoms with Gasteiger partial charge < -0.3 is 5.32 Å². The predicted octanol–water partition coefficient (Wildman–Crippen LogP) is 3.12. The number of benzene rings is 2. The van der Waals surface area contributed by atoms with Gasteiger partial charge in [0.15, 0.2) is 0 Å². The number of rotatable bonds is 9. The zero-order valence-corrected chi connectivity index (χ0v) is 16.4. The minimum Gasteiger partial charge on any atom is -0.350 e. The van der Waals surface area contributed by atoms with E-state index in [1.165, 1.54) is 11.0 Å². The average molecular weight is 391 g/mol. The molecule has 1 unspecified atom stereocenters. The Morgan fingerprint density at radius 2 is 1.69 bits per heavy atom. The van der Waals surface area contributed by atoms with Crippen LogP contribution in [-0.4, -0.2) is 26.6 Å². The number of carbonyl (C=O) groups is 2. The fourth-order valence-electron chi connectivity index (χ4n) is 3.05. The van der Waals surface area contributed by atoms with E-state index in [2.05, 4.69) is 27.6 Å². The number of nitrogens with one attached hydrogen (secondary N) is 2. The molecule has 0 spiro atoms. The fourth-order valence-corrected chi connectivity index (χ4v) is 3.05. The lowest BCUT2D eigenvalue weighted by Gasteiger charge is -2.14. The SMILES string of the molecule is CCC(CC(=O)Nc1ncn(CC(=O)NCc2ccccc2)n1)c1ccccc1. The molecule has 2 N–H and O–H groups in total. The second kappa shape index (κ2) is 10.2. The molecule has 1 aromatic heterocycles. The Hall–Kier alpha value is -3.48. The van der Waals surface area contributed by atoms with Crippen LogP contribution in [0.25, 0.3) is 0 Å². The lowest BCUT2D eigenvalue weighted by Crippen LogP contribution is -2.27. The molecule has 0 saturated carbocycles. The summed E-state index contributed by atoms with van der Waals surface area (Å²) < 4.78 is 1.41. The molecule has 0 radical (unpaired) electrons. The summed E-state index contributed by atoms with van der Waals surface area (Å²) in [5.74, 6) is 0.0227. The molecule has 0 aliphatic rings. The van der Waals surface area contributed by atoms with Crippen molar-refractivity contribution in [3.8, 4) is 0 Å². The summed E-state index contributed by atoms with van der Waals surface area (Å²) in [5.41, 5.74) is 2.16. The van der Waals surface area contributed by atoms with E-state index in [0.717, 1.165) is 17.5 Å². The number of hydrogen-bond donors (Lipinski definition) is 2. The van der Waals surface area contributed by atoms with Crippen LogP contribution in [0.5, 0.6) is 0 Å². The van der Waals surface area contributed by atoms with Crippen molar-refractivity contribution in [3.05, 3.63) is 78.1 Å². The highest BCUT2D eigenvalue weighted by atomic mass is 16.2. The summed E-state index contributed by atoms with van der Waals surface area (Å²) in [6, 6.07) is 19.6. The molecule has 1 atom stereocenters. The fraction of sp³-hybridized carbons (Fsp3) is 0.273. The van der Waals surface area contributed by atoms with E-state index in [1.807, 2.05) is 60.7 Å². The lowest BCUT2D eigenvalue weighted by atomic mass is 9.93. The van der Waals surface area contributed by atoms with E-state index in [1.54, 1.807) is 0 Å². The van der Waals surface area contributed by atoms with Crippen LogP contribution in [0.3, 0.4) is 0 Å². The zero-order valence-electron chi connectivity index (χ0n) is 16.4. The number of anilines is 1. The molecule has 0 aliphatic carbocycles. The highest BCUT2D eigenvalue weighted by Crippen LogP contribution is 2.23. The molecule has 7 heteroatoms. The van der Waals surface area contributed by atoms with Crippen molar-refractivity contribution in [1.82, 2.24) is 20.1 Å². The Labute approximate surface area is 170 Å². The minimum atomic E-state index is -0.174. The van der Waals surface area contributed by atoms with Crippen LogP contribution >= 0.6 is 0 Å². The summed E-state index contributed by atoms with van der Waals surface area (Å²) in [4.78, 5) is 28.5. The predicted molar refractivity (Wildman–Crippen MR) is 111 cm³/mol. The molecule has 3 aromatic rings. The summed E-state index contributed by atoms with van der Waals surface area (Å²) in [5, 5.41) is 9.71. The Bertz CT molecular complexity index is 925. The van der Waals surface area contributed by atoms with Crippen molar-refractivity contribution in [2.24, 2.45) is 0 Å². The summed E-state index contributed by atoms with van der Waals surface area (Å²) in [6.45, 7) is 2.55. The molecular formula is C22H25N5O2. The van der Waals surface area contributed by atoms with Gasteiger partial charge in [-0.05, 0) is 23.5 Å². The minimum absolute atomic E-state index is 0.0390. The third-order valence-electron chi connectivity index (χ3n) is 4.62. The van der Waals surface area contributed by atoms with Gasteiger partial charge >= 0.3 is 0 Å². The summed E-state index contributed by atoms with van der Waals surface area (Å²) >= 11 is 0. The van der Waals surface area contributed by atoms with Crippen LogP contribution in [0.2, 0.25) is 0 Å². The number of nitrogens with zero attached hydrogens (tertiary/aromatic N) is 3. The van der Waals surface area contributed by atoms with Gasteiger partial charge in [-0.15, -0.1) is 5.10 Å². The van der Waals surface area contributed by atoms with E-state index in [0.29, 0.717) is 13.0 Å². The van der Waals surface area contributed by atoms with Gasteiger partial charge in [0, 0.05) is 13.0 Å². The van der Waals surface area contributed by atoms with Crippen LogP contribution in [0, 0.1) is 0 Å². The van der Waals surface area contributed by atoms with Crippen LogP contribution in [0.4, 0.5) is 5.95 Å². The Morgan fingerprint density at radius 3 is 2.38 bits per heavy atom. The molecular weight excluding hydrogens is 366 g/mol. The average Bonchev–Trinajstić information content (AvgIpc) is 3.18. The molecule has 0 aliphatic heterocycles. The second-order valence-electron chi connectivity index (χ2n) is 6.80. The first kappa shape index (κ1) is 20.3. The van der Waals surface area contributed by atoms with Crippen molar-refractivity contribution < 1.29 is 9.59 Å². The Kier molecular flexibility index (Phi) is 7.10. The molecule has 2 amide bonds. The van der Waals surface area contributed by atoms with Crippen LogP contribution < -0.4 is 10.6 Å². The van der Waals surface area contributed by atoms with E-state index in [-0.39, 0.29) is 30.2 Å². The lowest BCUT2D eigenvalue weighted by molar-refractivity contribution is -0.122. The highest BCUT2D eigenvalue weighted by Gasteiger charge is 2.15. The van der Waals surface area contributed by atoms with Crippen LogP contribution in [-0.2, 0) is 22.7 Å². The van der Waals surface area contributed by atoms with Crippen molar-refractivity contribution in [1.29, 1.82) is 0 Å². The summed E-state index contributed by atoms with van der Waals surface area (Å²) in [7, 11) is 0. The molecule has 29 heavy (non-hydrogen) atoms. The van der Waals surface area contributed by atoms with Crippen LogP contribution in [0.15, 0.2) is 67.0 Å². The smallest absolute Gasteiger partial charge is 0.248 e. The van der Waals surface area contributed by atoms with E-state index in [4.69, 9.17) is 0 Å². The third kappa shape index (κ3) is 6.27. The van der Waals surface area contributed by atoms with Gasteiger partial charge in [-0.25, -0.2) is 9.67 Å². The van der Waals surface area contributed by atoms with E-state index in [9.17, 15) is 9.59 Å². The van der Waals surface area contributed by atoms with Gasteiger partial charge in [-0.1, -0.05) is 67.6 Å². The van der Waals surface area contributed by atoms with Gasteiger partial charge in [0.2, 0.25) is 17.8 Å². The molecule has 1 heterocycles. The molecule has 2 aromatic carbocycles. The topological polar surface area (TPSA) is 88.9 Å². The van der Waals surface area contributed by atoms with Gasteiger partial charge in [-0.3, -0.25) is 14.9 Å². The monoisotopic (exact) mass is 391 g/mol. The van der Waals surface area contributed by atoms with Gasteiger partial charge in [0.25, 0.3) is 0 Å². The Balaban J connectivity index is 1.48. The summed E-state index contributed by atoms with van der Waals surface area (Å²) in [6.07, 6.45) is 2.65. The van der Waals surface area contributed by atoms with Gasteiger partial charge in [-0.2, -0.15) is 0 Å². The van der Waals surface area contributed by atoms with Gasteiger partial charge in [0.1, 0.15) is 12.9 Å². The van der Waals surface area contributed by atoms with Gasteiger partial charge in [0.05, 0.1) is 0 Å². The first-order valence-corrected chi connectivity index (χ1v) is 9.69. The molecule has 3 rings (SSSR count). The maximum absolute atomic E-state index is 12.4. The molecule has 7 nitrogen and oxygen atoms in total. The number of amides is 2. The van der Waals surface area contributed by atoms with E-state index >= 15 is 0 Å². The third-order valence-corrected chi connectivity index (χ3v) is 4.62. The van der Waals surface area contributed by atoms with Crippen molar-refractivity contribution in [3.63, 3.8) is 0 Å². The van der Waals surface area contributed by atoms with Crippen molar-refractivity contribution in [2.45, 2.75) is 38.8 Å². The second-order valence-corrected chi connectivity index (χ2v) is 6.80. The Morgan fingerprint density at radius 1 is 1.00 bits per heavy atom. The quantitative estimate of drug-likeness (QED) is 0.587. The highest BCUT2D eigenvalue weighted by molar-refractivity contribution is 5.89. The number of aromatic nitrogens is 3. The largest absolute Gasteiger partial charge is 0.350 e. The van der Waals surface area contributed by atoms with E-state index < -0.39 is 0 Å². The molecule has 150 valence electrons. The molecule has 0 saturated heterocycles. The molecule has 0 bridgehead atoms. The van der Waals surface area contributed by atoms with Crippen molar-refractivity contribution in [2.75, 3.05) is 5.32 Å². The molecule has 0 fully saturated rings. The van der Waals surface area contributed by atoms with Crippen molar-refractivity contribution >= 4 is 17.8 Å². The first-order chi connectivity index (χ1) is 14.1. The maximum atomic E-state index is 12.4. The maximum Gasteiger partial charge on any atom is 0.248 e. The first-order valence-electron chi connectivity index (χ1n) is 9.69. The number of hydrogen-bond acceptors (Lipinski definition) is 4. The van der Waals surface area contributed by atoms with Crippen LogP contribution in [0.1, 0.15) is 36.8 Å².